The van der Waals surface area contributed by atoms with E-state index in [1.54, 1.807) is 18.2 Å². The minimum atomic E-state index is -0.646. The summed E-state index contributed by atoms with van der Waals surface area (Å²) < 4.78 is 13.0. The summed E-state index contributed by atoms with van der Waals surface area (Å²) in [5.74, 6) is -1.50. The maximum absolute atomic E-state index is 13.0. The van der Waals surface area contributed by atoms with Gasteiger partial charge in [-0.3, -0.25) is 14.5 Å². The van der Waals surface area contributed by atoms with Crippen LogP contribution < -0.4 is 15.5 Å². The first-order chi connectivity index (χ1) is 14.1. The molecule has 0 unspecified atom stereocenters. The topological polar surface area (TPSA) is 64.7 Å². The quantitative estimate of drug-likeness (QED) is 0.733. The minimum absolute atomic E-state index is 0.231. The summed E-state index contributed by atoms with van der Waals surface area (Å²) in [6.45, 7) is 6.48. The number of halogens is 1. The number of benzene rings is 2. The molecule has 2 amide bonds. The molecule has 0 aliphatic carbocycles. The second-order valence-corrected chi connectivity index (χ2v) is 7.03. The van der Waals surface area contributed by atoms with Gasteiger partial charge in [0, 0.05) is 50.6 Å². The number of carbonyl (C=O) groups is 2. The van der Waals surface area contributed by atoms with E-state index in [2.05, 4.69) is 20.4 Å². The molecule has 1 heterocycles. The van der Waals surface area contributed by atoms with E-state index < -0.39 is 11.8 Å². The van der Waals surface area contributed by atoms with Crippen LogP contribution in [0, 0.1) is 5.82 Å². The summed E-state index contributed by atoms with van der Waals surface area (Å²) in [6.07, 6.45) is 0.780. The second-order valence-electron chi connectivity index (χ2n) is 7.03. The SMILES string of the molecule is CCc1ccccc1NC(=O)C(=O)NCCN1CCN(c2ccc(F)cc2)CC1. The zero-order valence-corrected chi connectivity index (χ0v) is 16.7. The van der Waals surface area contributed by atoms with Crippen LogP contribution in [0.1, 0.15) is 12.5 Å². The number of hydrogen-bond donors (Lipinski definition) is 2. The normalized spacial score (nSPS) is 14.5. The molecule has 29 heavy (non-hydrogen) atoms. The molecule has 3 rings (SSSR count). The van der Waals surface area contributed by atoms with E-state index in [1.807, 2.05) is 25.1 Å². The second kappa shape index (κ2) is 10.0. The number of para-hydroxylation sites is 1. The number of rotatable bonds is 6. The molecule has 1 aliphatic rings. The van der Waals surface area contributed by atoms with Crippen LogP contribution in [0.5, 0.6) is 0 Å². The number of nitrogens with one attached hydrogen (secondary N) is 2. The summed E-state index contributed by atoms with van der Waals surface area (Å²) >= 11 is 0. The highest BCUT2D eigenvalue weighted by molar-refractivity contribution is 6.39. The molecule has 0 saturated carbocycles. The van der Waals surface area contributed by atoms with Crippen LogP contribution in [-0.4, -0.2) is 56.0 Å². The lowest BCUT2D eigenvalue weighted by molar-refractivity contribution is -0.136. The summed E-state index contributed by atoms with van der Waals surface area (Å²) in [4.78, 5) is 28.6. The Kier molecular flexibility index (Phi) is 7.19. The lowest BCUT2D eigenvalue weighted by Gasteiger charge is -2.36. The van der Waals surface area contributed by atoms with Gasteiger partial charge in [0.25, 0.3) is 0 Å². The largest absolute Gasteiger partial charge is 0.369 e. The standard InChI is InChI=1S/C22H27FN4O2/c1-2-17-5-3-4-6-20(17)25-22(29)21(28)24-11-12-26-13-15-27(16-14-26)19-9-7-18(23)8-10-19/h3-10H,2,11-16H2,1H3,(H,24,28)(H,25,29). The van der Waals surface area contributed by atoms with Crippen molar-refractivity contribution in [2.75, 3.05) is 49.5 Å². The Morgan fingerprint density at radius 3 is 2.34 bits per heavy atom. The Morgan fingerprint density at radius 2 is 1.66 bits per heavy atom. The highest BCUT2D eigenvalue weighted by Gasteiger charge is 2.18. The number of anilines is 2. The zero-order chi connectivity index (χ0) is 20.6. The van der Waals surface area contributed by atoms with Crippen molar-refractivity contribution in [3.05, 3.63) is 59.9 Å². The van der Waals surface area contributed by atoms with Crippen LogP contribution in [0.15, 0.2) is 48.5 Å². The lowest BCUT2D eigenvalue weighted by Crippen LogP contribution is -2.49. The summed E-state index contributed by atoms with van der Waals surface area (Å²) in [6, 6.07) is 14.0. The molecular formula is C22H27FN4O2. The molecule has 2 aromatic rings. The van der Waals surface area contributed by atoms with E-state index in [0.717, 1.165) is 43.9 Å². The molecule has 0 aromatic heterocycles. The van der Waals surface area contributed by atoms with Gasteiger partial charge in [-0.25, -0.2) is 4.39 Å². The first-order valence-corrected chi connectivity index (χ1v) is 9.96. The number of amides is 2. The van der Waals surface area contributed by atoms with Gasteiger partial charge in [0.15, 0.2) is 0 Å². The van der Waals surface area contributed by atoms with Crippen molar-refractivity contribution in [3.8, 4) is 0 Å². The molecule has 0 radical (unpaired) electrons. The predicted molar refractivity (Wildman–Crippen MR) is 113 cm³/mol. The highest BCUT2D eigenvalue weighted by Crippen LogP contribution is 2.17. The fourth-order valence-electron chi connectivity index (χ4n) is 3.42. The number of hydrogen-bond acceptors (Lipinski definition) is 4. The van der Waals surface area contributed by atoms with Crippen LogP contribution in [0.3, 0.4) is 0 Å². The average molecular weight is 398 g/mol. The smallest absolute Gasteiger partial charge is 0.313 e. The third kappa shape index (κ3) is 5.77. The fraction of sp³-hybridized carbons (Fsp3) is 0.364. The maximum Gasteiger partial charge on any atom is 0.313 e. The molecule has 2 N–H and O–H groups in total. The van der Waals surface area contributed by atoms with Crippen LogP contribution >= 0.6 is 0 Å². The van der Waals surface area contributed by atoms with Crippen molar-refractivity contribution < 1.29 is 14.0 Å². The molecule has 1 fully saturated rings. The van der Waals surface area contributed by atoms with E-state index in [0.29, 0.717) is 18.8 Å². The van der Waals surface area contributed by atoms with Crippen molar-refractivity contribution in [1.82, 2.24) is 10.2 Å². The number of piperazine rings is 1. The van der Waals surface area contributed by atoms with Gasteiger partial charge in [0.05, 0.1) is 0 Å². The van der Waals surface area contributed by atoms with E-state index >= 15 is 0 Å². The number of carbonyl (C=O) groups excluding carboxylic acids is 2. The van der Waals surface area contributed by atoms with E-state index in [-0.39, 0.29) is 5.82 Å². The van der Waals surface area contributed by atoms with E-state index in [1.165, 1.54) is 12.1 Å². The van der Waals surface area contributed by atoms with Gasteiger partial charge in [-0.2, -0.15) is 0 Å². The van der Waals surface area contributed by atoms with Gasteiger partial charge in [-0.15, -0.1) is 0 Å². The lowest BCUT2D eigenvalue weighted by atomic mass is 10.1. The van der Waals surface area contributed by atoms with Crippen LogP contribution in [0.25, 0.3) is 0 Å². The first-order valence-electron chi connectivity index (χ1n) is 9.96. The molecule has 0 atom stereocenters. The molecule has 154 valence electrons. The van der Waals surface area contributed by atoms with Crippen molar-refractivity contribution >= 4 is 23.2 Å². The van der Waals surface area contributed by atoms with Gasteiger partial charge >= 0.3 is 11.8 Å². The van der Waals surface area contributed by atoms with Crippen molar-refractivity contribution in [1.29, 1.82) is 0 Å². The van der Waals surface area contributed by atoms with Gasteiger partial charge < -0.3 is 15.5 Å². The number of aryl methyl sites for hydroxylation is 1. The summed E-state index contributed by atoms with van der Waals surface area (Å²) in [5, 5.41) is 5.37. The molecule has 1 saturated heterocycles. The Balaban J connectivity index is 1.38. The van der Waals surface area contributed by atoms with Crippen LogP contribution in [0.2, 0.25) is 0 Å². The van der Waals surface area contributed by atoms with Crippen molar-refractivity contribution in [3.63, 3.8) is 0 Å². The third-order valence-corrected chi connectivity index (χ3v) is 5.13. The minimum Gasteiger partial charge on any atom is -0.369 e. The zero-order valence-electron chi connectivity index (χ0n) is 16.7. The van der Waals surface area contributed by atoms with Gasteiger partial charge in [0.1, 0.15) is 5.82 Å². The number of nitrogens with zero attached hydrogens (tertiary/aromatic N) is 2. The fourth-order valence-corrected chi connectivity index (χ4v) is 3.42. The molecule has 0 bridgehead atoms. The Labute approximate surface area is 170 Å². The van der Waals surface area contributed by atoms with Gasteiger partial charge in [0.2, 0.25) is 0 Å². The van der Waals surface area contributed by atoms with E-state index in [4.69, 9.17) is 0 Å². The average Bonchev–Trinajstić information content (AvgIpc) is 2.75. The van der Waals surface area contributed by atoms with Gasteiger partial charge in [-0.05, 0) is 42.3 Å². The van der Waals surface area contributed by atoms with E-state index in [9.17, 15) is 14.0 Å². The molecule has 0 spiro atoms. The molecule has 2 aromatic carbocycles. The monoisotopic (exact) mass is 398 g/mol. The maximum atomic E-state index is 13.0. The molecule has 6 nitrogen and oxygen atoms in total. The first kappa shape index (κ1) is 20.8. The molecular weight excluding hydrogens is 371 g/mol. The third-order valence-electron chi connectivity index (χ3n) is 5.13. The van der Waals surface area contributed by atoms with Crippen molar-refractivity contribution in [2.45, 2.75) is 13.3 Å². The van der Waals surface area contributed by atoms with Gasteiger partial charge in [-0.1, -0.05) is 25.1 Å². The predicted octanol–water partition coefficient (Wildman–Crippen LogP) is 2.26. The molecule has 7 heteroatoms. The highest BCUT2D eigenvalue weighted by atomic mass is 19.1. The Bertz CT molecular complexity index is 833. The van der Waals surface area contributed by atoms with Crippen molar-refractivity contribution in [2.24, 2.45) is 0 Å². The van der Waals surface area contributed by atoms with Crippen LogP contribution in [-0.2, 0) is 16.0 Å². The molecule has 1 aliphatic heterocycles. The summed E-state index contributed by atoms with van der Waals surface area (Å²) in [5.41, 5.74) is 2.68. The van der Waals surface area contributed by atoms with Crippen LogP contribution in [0.4, 0.5) is 15.8 Å². The summed E-state index contributed by atoms with van der Waals surface area (Å²) in [7, 11) is 0. The Morgan fingerprint density at radius 1 is 0.966 bits per heavy atom. The Hall–Kier alpha value is -2.93.